The van der Waals surface area contributed by atoms with Gasteiger partial charge in [0.2, 0.25) is 5.91 Å². The third-order valence-corrected chi connectivity index (χ3v) is 5.57. The molecule has 132 valence electrons. The van der Waals surface area contributed by atoms with Gasteiger partial charge in [0.15, 0.2) is 0 Å². The van der Waals surface area contributed by atoms with Crippen molar-refractivity contribution in [3.63, 3.8) is 0 Å². The molecule has 2 fully saturated rings. The summed E-state index contributed by atoms with van der Waals surface area (Å²) in [6.45, 7) is 2.41. The minimum Gasteiger partial charge on any atom is -0.458 e. The number of esters is 1. The molecule has 6 nitrogen and oxygen atoms in total. The van der Waals surface area contributed by atoms with Crippen LogP contribution in [0.3, 0.4) is 0 Å². The van der Waals surface area contributed by atoms with E-state index in [4.69, 9.17) is 4.74 Å². The molecule has 1 atom stereocenters. The zero-order valence-electron chi connectivity index (χ0n) is 14.4. The van der Waals surface area contributed by atoms with Crippen molar-refractivity contribution in [1.29, 1.82) is 0 Å². The number of amides is 1. The van der Waals surface area contributed by atoms with Crippen LogP contribution >= 0.6 is 0 Å². The number of fused-ring (bicyclic) bond motifs is 1. The van der Waals surface area contributed by atoms with E-state index in [0.29, 0.717) is 6.54 Å². The van der Waals surface area contributed by atoms with Crippen molar-refractivity contribution in [3.8, 4) is 0 Å². The molecule has 2 heterocycles. The van der Waals surface area contributed by atoms with Gasteiger partial charge in [-0.3, -0.25) is 14.7 Å². The lowest BCUT2D eigenvalue weighted by atomic mass is 9.75. The van der Waals surface area contributed by atoms with E-state index >= 15 is 0 Å². The molecular weight excluding hydrogens is 318 g/mol. The first kappa shape index (κ1) is 16.1. The van der Waals surface area contributed by atoms with Crippen molar-refractivity contribution in [1.82, 2.24) is 15.5 Å². The van der Waals surface area contributed by atoms with Crippen LogP contribution in [0.4, 0.5) is 0 Å². The summed E-state index contributed by atoms with van der Waals surface area (Å²) in [5.41, 5.74) is 2.34. The summed E-state index contributed by atoms with van der Waals surface area (Å²) in [5, 5.41) is 11.3. The number of aromatic nitrogens is 2. The lowest BCUT2D eigenvalue weighted by Gasteiger charge is -2.36. The summed E-state index contributed by atoms with van der Waals surface area (Å²) < 4.78 is 5.63. The molecule has 6 heteroatoms. The molecular formula is C19H23N3O3. The Balaban J connectivity index is 1.49. The molecule has 0 bridgehead atoms. The van der Waals surface area contributed by atoms with Crippen molar-refractivity contribution in [2.45, 2.75) is 57.6 Å². The molecule has 1 aromatic carbocycles. The first-order chi connectivity index (χ1) is 12.1. The van der Waals surface area contributed by atoms with E-state index in [1.54, 1.807) is 0 Å². The maximum absolute atomic E-state index is 12.8. The second kappa shape index (κ2) is 6.17. The van der Waals surface area contributed by atoms with Gasteiger partial charge in [0.1, 0.15) is 5.60 Å². The average molecular weight is 341 g/mol. The monoisotopic (exact) mass is 341 g/mol. The SMILES string of the molecule is Cc1ccc2n[nH]c(CNC(=O)C3CC(=O)OC34CCCCC4)c2c1. The van der Waals surface area contributed by atoms with Crippen LogP contribution in [0.1, 0.15) is 49.8 Å². The quantitative estimate of drug-likeness (QED) is 0.841. The molecule has 1 amide bonds. The Kier molecular flexibility index (Phi) is 3.98. The number of carbonyl (C=O) groups is 2. The predicted molar refractivity (Wildman–Crippen MR) is 92.7 cm³/mol. The van der Waals surface area contributed by atoms with Crippen LogP contribution in [0.25, 0.3) is 10.9 Å². The topological polar surface area (TPSA) is 84.1 Å². The van der Waals surface area contributed by atoms with E-state index in [-0.39, 0.29) is 24.2 Å². The van der Waals surface area contributed by atoms with E-state index in [1.807, 2.05) is 19.1 Å². The maximum atomic E-state index is 12.8. The van der Waals surface area contributed by atoms with Crippen molar-refractivity contribution in [2.75, 3.05) is 0 Å². The molecule has 1 aliphatic heterocycles. The number of H-pyrrole nitrogens is 1. The number of nitrogens with zero attached hydrogens (tertiary/aromatic N) is 1. The van der Waals surface area contributed by atoms with Crippen LogP contribution in [0.15, 0.2) is 18.2 Å². The van der Waals surface area contributed by atoms with Crippen LogP contribution in [0.2, 0.25) is 0 Å². The zero-order chi connectivity index (χ0) is 17.4. The lowest BCUT2D eigenvalue weighted by Crippen LogP contribution is -2.45. The van der Waals surface area contributed by atoms with Gasteiger partial charge in [0.25, 0.3) is 0 Å². The van der Waals surface area contributed by atoms with Crippen LogP contribution in [0.5, 0.6) is 0 Å². The summed E-state index contributed by atoms with van der Waals surface area (Å²) in [7, 11) is 0. The fourth-order valence-corrected chi connectivity index (χ4v) is 4.24. The highest BCUT2D eigenvalue weighted by atomic mass is 16.6. The molecule has 1 spiro atoms. The number of benzene rings is 1. The van der Waals surface area contributed by atoms with Crippen molar-refractivity contribution in [2.24, 2.45) is 5.92 Å². The first-order valence-electron chi connectivity index (χ1n) is 9.01. The van der Waals surface area contributed by atoms with E-state index in [1.165, 1.54) is 0 Å². The van der Waals surface area contributed by atoms with Crippen molar-refractivity contribution in [3.05, 3.63) is 29.5 Å². The molecule has 2 aliphatic rings. The fourth-order valence-electron chi connectivity index (χ4n) is 4.24. The second-order valence-electron chi connectivity index (χ2n) is 7.30. The van der Waals surface area contributed by atoms with Crippen molar-refractivity contribution >= 4 is 22.8 Å². The van der Waals surface area contributed by atoms with Gasteiger partial charge in [-0.1, -0.05) is 18.1 Å². The average Bonchev–Trinajstić information content (AvgIpc) is 3.14. The Bertz CT molecular complexity index is 820. The maximum Gasteiger partial charge on any atom is 0.307 e. The highest BCUT2D eigenvalue weighted by Gasteiger charge is 2.52. The third-order valence-electron chi connectivity index (χ3n) is 5.57. The first-order valence-corrected chi connectivity index (χ1v) is 9.01. The summed E-state index contributed by atoms with van der Waals surface area (Å²) in [4.78, 5) is 24.6. The summed E-state index contributed by atoms with van der Waals surface area (Å²) in [6, 6.07) is 6.04. The predicted octanol–water partition coefficient (Wildman–Crippen LogP) is 2.75. The number of aromatic amines is 1. The minimum absolute atomic E-state index is 0.0943. The molecule has 2 aromatic rings. The largest absolute Gasteiger partial charge is 0.458 e. The van der Waals surface area contributed by atoms with Gasteiger partial charge in [-0.25, -0.2) is 0 Å². The Morgan fingerprint density at radius 2 is 2.16 bits per heavy atom. The minimum atomic E-state index is -0.577. The number of nitrogens with one attached hydrogen (secondary N) is 2. The Labute approximate surface area is 146 Å². The zero-order valence-corrected chi connectivity index (χ0v) is 14.4. The summed E-state index contributed by atoms with van der Waals surface area (Å²) >= 11 is 0. The van der Waals surface area contributed by atoms with E-state index in [9.17, 15) is 9.59 Å². The molecule has 1 aliphatic carbocycles. The van der Waals surface area contributed by atoms with Gasteiger partial charge in [-0.2, -0.15) is 5.10 Å². The Hall–Kier alpha value is -2.37. The standard InChI is InChI=1S/C19H23N3O3/c1-12-5-6-15-13(9-12)16(22-21-15)11-20-18(24)14-10-17(23)25-19(14)7-3-2-4-8-19/h5-6,9,14H,2-4,7-8,10-11H2,1H3,(H,20,24)(H,21,22). The van der Waals surface area contributed by atoms with Gasteiger partial charge >= 0.3 is 5.97 Å². The van der Waals surface area contributed by atoms with Gasteiger partial charge < -0.3 is 10.1 Å². The van der Waals surface area contributed by atoms with Crippen LogP contribution in [0, 0.1) is 12.8 Å². The highest BCUT2D eigenvalue weighted by molar-refractivity contribution is 5.88. The van der Waals surface area contributed by atoms with Gasteiger partial charge in [-0.15, -0.1) is 0 Å². The number of aryl methyl sites for hydroxylation is 1. The molecule has 0 radical (unpaired) electrons. The number of rotatable bonds is 3. The van der Waals surface area contributed by atoms with E-state index < -0.39 is 5.60 Å². The molecule has 4 rings (SSSR count). The highest BCUT2D eigenvalue weighted by Crippen LogP contribution is 2.44. The molecule has 1 aromatic heterocycles. The number of carbonyl (C=O) groups excluding carboxylic acids is 2. The van der Waals surface area contributed by atoms with Crippen LogP contribution < -0.4 is 5.32 Å². The molecule has 1 saturated heterocycles. The second-order valence-corrected chi connectivity index (χ2v) is 7.30. The van der Waals surface area contributed by atoms with Crippen molar-refractivity contribution < 1.29 is 14.3 Å². The van der Waals surface area contributed by atoms with E-state index in [0.717, 1.165) is 54.3 Å². The fraction of sp³-hybridized carbons (Fsp3) is 0.526. The van der Waals surface area contributed by atoms with Gasteiger partial charge in [0, 0.05) is 5.39 Å². The summed E-state index contributed by atoms with van der Waals surface area (Å²) in [5.74, 6) is -0.718. The molecule has 1 saturated carbocycles. The lowest BCUT2D eigenvalue weighted by molar-refractivity contribution is -0.153. The Morgan fingerprint density at radius 3 is 2.96 bits per heavy atom. The number of ether oxygens (including phenoxy) is 1. The third kappa shape index (κ3) is 2.90. The number of hydrogen-bond donors (Lipinski definition) is 2. The molecule has 25 heavy (non-hydrogen) atoms. The molecule has 2 N–H and O–H groups in total. The smallest absolute Gasteiger partial charge is 0.307 e. The van der Waals surface area contributed by atoms with Crippen LogP contribution in [-0.4, -0.2) is 27.7 Å². The van der Waals surface area contributed by atoms with Gasteiger partial charge in [0.05, 0.1) is 30.1 Å². The van der Waals surface area contributed by atoms with E-state index in [2.05, 4.69) is 21.6 Å². The Morgan fingerprint density at radius 1 is 1.36 bits per heavy atom. The number of hydrogen-bond acceptors (Lipinski definition) is 4. The van der Waals surface area contributed by atoms with Gasteiger partial charge in [-0.05, 0) is 44.7 Å². The van der Waals surface area contributed by atoms with Crippen LogP contribution in [-0.2, 0) is 20.9 Å². The summed E-state index contributed by atoms with van der Waals surface area (Å²) in [6.07, 6.45) is 4.96. The molecule has 1 unspecified atom stereocenters. The normalized spacial score (nSPS) is 22.3.